The Morgan fingerprint density at radius 2 is 0.939 bits per heavy atom. The van der Waals surface area contributed by atoms with E-state index in [9.17, 15) is 0 Å². The lowest BCUT2D eigenvalue weighted by atomic mass is 9.99. The minimum atomic E-state index is -2.86. The first-order chi connectivity index (χ1) is 23.8. The fraction of sp³-hybridized carbons (Fsp3) is 0.318. The summed E-state index contributed by atoms with van der Waals surface area (Å²) >= 11 is 0. The minimum Gasteiger partial charge on any atom is -0.404 e. The third-order valence-electron chi connectivity index (χ3n) is 9.57. The Balaban J connectivity index is 1.61. The SMILES string of the molecule is COC(OC)C(CC(CCc1ccccc1)O[Si](c1ccccc1)(c1ccccc1)C(C)(C)C)N(Cc1ccccc1)Cc1ccccc1. The van der Waals surface area contributed by atoms with Gasteiger partial charge < -0.3 is 13.9 Å². The first-order valence-electron chi connectivity index (χ1n) is 17.5. The largest absolute Gasteiger partial charge is 0.404 e. The van der Waals surface area contributed by atoms with Crippen LogP contribution in [0, 0.1) is 0 Å². The molecule has 256 valence electrons. The van der Waals surface area contributed by atoms with Crippen LogP contribution in [0.3, 0.4) is 0 Å². The van der Waals surface area contributed by atoms with E-state index in [1.807, 2.05) is 0 Å². The van der Waals surface area contributed by atoms with Crippen LogP contribution in [-0.2, 0) is 33.4 Å². The quantitative estimate of drug-likeness (QED) is 0.0732. The molecule has 0 amide bonds. The Hall–Kier alpha value is -3.84. The summed E-state index contributed by atoms with van der Waals surface area (Å²) in [5.41, 5.74) is 3.82. The summed E-state index contributed by atoms with van der Waals surface area (Å²) in [6.07, 6.45) is 1.99. The molecule has 5 heteroatoms. The van der Waals surface area contributed by atoms with Gasteiger partial charge in [0.05, 0.1) is 6.04 Å². The van der Waals surface area contributed by atoms with Crippen molar-refractivity contribution in [1.29, 1.82) is 0 Å². The summed E-state index contributed by atoms with van der Waals surface area (Å²) in [6.45, 7) is 8.59. The van der Waals surface area contributed by atoms with E-state index in [0.717, 1.165) is 32.4 Å². The zero-order chi connectivity index (χ0) is 34.5. The molecule has 0 heterocycles. The van der Waals surface area contributed by atoms with E-state index in [1.165, 1.54) is 27.1 Å². The summed E-state index contributed by atoms with van der Waals surface area (Å²) in [4.78, 5) is 2.52. The molecule has 5 aromatic rings. The number of hydrogen-bond acceptors (Lipinski definition) is 4. The highest BCUT2D eigenvalue weighted by molar-refractivity contribution is 6.99. The van der Waals surface area contributed by atoms with Crippen molar-refractivity contribution in [2.24, 2.45) is 0 Å². The maximum Gasteiger partial charge on any atom is 0.261 e. The van der Waals surface area contributed by atoms with Gasteiger partial charge in [0.15, 0.2) is 6.29 Å². The molecule has 0 bridgehead atoms. The normalized spacial score (nSPS) is 13.4. The zero-order valence-electron chi connectivity index (χ0n) is 29.9. The number of methoxy groups -OCH3 is 2. The van der Waals surface area contributed by atoms with Crippen molar-refractivity contribution < 1.29 is 13.9 Å². The van der Waals surface area contributed by atoms with Gasteiger partial charge in [-0.05, 0) is 51.4 Å². The summed E-state index contributed by atoms with van der Waals surface area (Å²) < 4.78 is 20.2. The Kier molecular flexibility index (Phi) is 13.2. The number of rotatable bonds is 17. The Bertz CT molecular complexity index is 1540. The number of nitrogens with zero attached hydrogens (tertiary/aromatic N) is 1. The van der Waals surface area contributed by atoms with E-state index in [-0.39, 0.29) is 17.2 Å². The van der Waals surface area contributed by atoms with Gasteiger partial charge in [0.25, 0.3) is 8.32 Å². The van der Waals surface area contributed by atoms with Crippen molar-refractivity contribution in [1.82, 2.24) is 4.90 Å². The van der Waals surface area contributed by atoms with Crippen LogP contribution >= 0.6 is 0 Å². The molecular weight excluding hydrogens is 619 g/mol. The van der Waals surface area contributed by atoms with E-state index in [2.05, 4.69) is 177 Å². The Morgan fingerprint density at radius 3 is 1.33 bits per heavy atom. The molecule has 49 heavy (non-hydrogen) atoms. The second kappa shape index (κ2) is 17.7. The van der Waals surface area contributed by atoms with Crippen molar-refractivity contribution in [3.05, 3.63) is 168 Å². The van der Waals surface area contributed by atoms with E-state index < -0.39 is 14.6 Å². The van der Waals surface area contributed by atoms with Crippen molar-refractivity contribution in [2.75, 3.05) is 14.2 Å². The fourth-order valence-corrected chi connectivity index (χ4v) is 11.9. The number of aryl methyl sites for hydroxylation is 1. The molecule has 0 aromatic heterocycles. The van der Waals surface area contributed by atoms with E-state index in [1.54, 1.807) is 14.2 Å². The van der Waals surface area contributed by atoms with Crippen molar-refractivity contribution in [3.8, 4) is 0 Å². The first kappa shape index (κ1) is 36.4. The highest BCUT2D eigenvalue weighted by Crippen LogP contribution is 2.39. The van der Waals surface area contributed by atoms with Crippen molar-refractivity contribution >= 4 is 18.7 Å². The molecule has 0 aliphatic rings. The van der Waals surface area contributed by atoms with Gasteiger partial charge in [-0.15, -0.1) is 0 Å². The highest BCUT2D eigenvalue weighted by atomic mass is 28.4. The monoisotopic (exact) mass is 671 g/mol. The van der Waals surface area contributed by atoms with Gasteiger partial charge in [-0.1, -0.05) is 172 Å². The number of ether oxygens (including phenoxy) is 2. The summed E-state index contributed by atoms with van der Waals surface area (Å²) in [6, 6.07) is 54.1. The molecule has 2 unspecified atom stereocenters. The van der Waals surface area contributed by atoms with Gasteiger partial charge in [-0.2, -0.15) is 0 Å². The van der Waals surface area contributed by atoms with Crippen LogP contribution in [0.1, 0.15) is 50.3 Å². The molecule has 0 fully saturated rings. The molecule has 5 rings (SSSR count). The third-order valence-corrected chi connectivity index (χ3v) is 14.7. The smallest absolute Gasteiger partial charge is 0.261 e. The summed E-state index contributed by atoms with van der Waals surface area (Å²) in [5.74, 6) is 0. The second-order valence-electron chi connectivity index (χ2n) is 13.9. The maximum absolute atomic E-state index is 7.92. The van der Waals surface area contributed by atoms with Crippen LogP contribution in [0.15, 0.2) is 152 Å². The fourth-order valence-electron chi connectivity index (χ4n) is 7.18. The predicted molar refractivity (Wildman–Crippen MR) is 206 cm³/mol. The summed E-state index contributed by atoms with van der Waals surface area (Å²) in [5, 5.41) is 2.43. The van der Waals surface area contributed by atoms with Gasteiger partial charge in [0.1, 0.15) is 0 Å². The maximum atomic E-state index is 7.92. The molecule has 5 aromatic carbocycles. The van der Waals surface area contributed by atoms with Gasteiger partial charge in [0.2, 0.25) is 0 Å². The topological polar surface area (TPSA) is 30.9 Å². The lowest BCUT2D eigenvalue weighted by Crippen LogP contribution is -2.68. The number of benzene rings is 5. The van der Waals surface area contributed by atoms with Gasteiger partial charge in [0, 0.05) is 33.4 Å². The lowest BCUT2D eigenvalue weighted by Gasteiger charge is -2.46. The van der Waals surface area contributed by atoms with E-state index in [4.69, 9.17) is 13.9 Å². The van der Waals surface area contributed by atoms with Gasteiger partial charge in [-0.25, -0.2) is 0 Å². The number of hydrogen-bond donors (Lipinski definition) is 0. The van der Waals surface area contributed by atoms with Crippen LogP contribution in [0.2, 0.25) is 5.04 Å². The molecule has 0 saturated heterocycles. The van der Waals surface area contributed by atoms with Crippen molar-refractivity contribution in [3.63, 3.8) is 0 Å². The molecule has 0 aliphatic heterocycles. The lowest BCUT2D eigenvalue weighted by molar-refractivity contribution is -0.156. The molecule has 0 radical (unpaired) electrons. The van der Waals surface area contributed by atoms with Crippen LogP contribution in [0.4, 0.5) is 0 Å². The molecule has 4 nitrogen and oxygen atoms in total. The van der Waals surface area contributed by atoms with E-state index >= 15 is 0 Å². The molecule has 0 spiro atoms. The van der Waals surface area contributed by atoms with Crippen LogP contribution in [0.25, 0.3) is 0 Å². The average Bonchev–Trinajstić information content (AvgIpc) is 3.14. The second-order valence-corrected chi connectivity index (χ2v) is 18.2. The minimum absolute atomic E-state index is 0.0849. The Morgan fingerprint density at radius 1 is 0.551 bits per heavy atom. The van der Waals surface area contributed by atoms with Gasteiger partial charge in [-0.3, -0.25) is 4.90 Å². The van der Waals surface area contributed by atoms with Crippen LogP contribution < -0.4 is 10.4 Å². The van der Waals surface area contributed by atoms with Gasteiger partial charge >= 0.3 is 0 Å². The van der Waals surface area contributed by atoms with Crippen LogP contribution in [-0.4, -0.2) is 45.9 Å². The summed E-state index contributed by atoms with van der Waals surface area (Å²) in [7, 11) is 0.657. The molecule has 0 saturated carbocycles. The standard InChI is InChI=1S/C44H53NO3Si/c1-44(2,3)49(40-27-17-9-18-28-40,41-29-19-10-20-30-41)48-39(32-31-36-21-11-6-12-22-36)33-42(43(46-4)47-5)45(34-37-23-13-7-14-24-37)35-38-25-15-8-16-26-38/h6-30,39,42-43H,31-35H2,1-5H3. The van der Waals surface area contributed by atoms with E-state index in [0.29, 0.717) is 0 Å². The molecular formula is C44H53NO3Si. The first-order valence-corrected chi connectivity index (χ1v) is 19.4. The molecule has 0 N–H and O–H groups in total. The highest BCUT2D eigenvalue weighted by Gasteiger charge is 2.51. The molecule has 0 aliphatic carbocycles. The third kappa shape index (κ3) is 9.44. The molecule has 2 atom stereocenters. The van der Waals surface area contributed by atoms with Crippen molar-refractivity contribution in [2.45, 2.75) is 76.6 Å². The average molecular weight is 672 g/mol. The van der Waals surface area contributed by atoms with Crippen LogP contribution in [0.5, 0.6) is 0 Å². The Labute approximate surface area is 295 Å². The zero-order valence-corrected chi connectivity index (χ0v) is 30.9. The predicted octanol–water partition coefficient (Wildman–Crippen LogP) is 8.64.